The lowest BCUT2D eigenvalue weighted by Gasteiger charge is -2.33. The fourth-order valence-electron chi connectivity index (χ4n) is 7.67. The number of hydrogen-bond acceptors (Lipinski definition) is 9. The molecule has 50 heavy (non-hydrogen) atoms. The molecule has 0 saturated carbocycles. The van der Waals surface area contributed by atoms with Crippen LogP contribution in [0.25, 0.3) is 11.0 Å². The number of H-pyrrole nitrogens is 1. The number of nitrogens with zero attached hydrogens (tertiary/aromatic N) is 7. The van der Waals surface area contributed by atoms with Crippen molar-refractivity contribution in [2.75, 3.05) is 72.0 Å². The lowest BCUT2D eigenvalue weighted by molar-refractivity contribution is 0.0780. The van der Waals surface area contributed by atoms with E-state index in [1.165, 1.54) is 5.56 Å². The smallest absolute Gasteiger partial charge is 0.254 e. The summed E-state index contributed by atoms with van der Waals surface area (Å²) < 4.78 is 18.9. The Labute approximate surface area is 292 Å². The van der Waals surface area contributed by atoms with Gasteiger partial charge in [0.25, 0.3) is 5.91 Å². The van der Waals surface area contributed by atoms with Crippen molar-refractivity contribution in [3.8, 4) is 17.2 Å². The van der Waals surface area contributed by atoms with Crippen LogP contribution >= 0.6 is 0 Å². The number of imidazole rings is 1. The van der Waals surface area contributed by atoms with Crippen LogP contribution in [0.15, 0.2) is 72.9 Å². The number of benzene rings is 3. The average Bonchev–Trinajstić information content (AvgIpc) is 3.89. The number of carbonyl (C=O) groups is 1. The van der Waals surface area contributed by atoms with E-state index in [1.54, 1.807) is 39.7 Å². The van der Waals surface area contributed by atoms with Crippen molar-refractivity contribution in [1.29, 1.82) is 0 Å². The third-order valence-corrected chi connectivity index (χ3v) is 10.4. The van der Waals surface area contributed by atoms with E-state index in [1.807, 2.05) is 4.90 Å². The molecular formula is C38H46N8O4. The Bertz CT molecular complexity index is 1870. The minimum atomic E-state index is -0.140. The van der Waals surface area contributed by atoms with Crippen molar-refractivity contribution in [3.05, 3.63) is 89.7 Å². The van der Waals surface area contributed by atoms with Gasteiger partial charge in [0.1, 0.15) is 0 Å². The first-order chi connectivity index (χ1) is 24.5. The average molecular weight is 679 g/mol. The lowest BCUT2D eigenvalue weighted by Crippen LogP contribution is -2.39. The van der Waals surface area contributed by atoms with Gasteiger partial charge in [-0.1, -0.05) is 42.5 Å². The zero-order valence-corrected chi connectivity index (χ0v) is 29.2. The van der Waals surface area contributed by atoms with E-state index in [9.17, 15) is 4.79 Å². The molecule has 1 atom stereocenters. The van der Waals surface area contributed by atoms with Gasteiger partial charge in [-0.2, -0.15) is 15.4 Å². The molecule has 2 saturated heterocycles. The molecule has 2 aliphatic heterocycles. The predicted molar refractivity (Wildman–Crippen MR) is 192 cm³/mol. The zero-order chi connectivity index (χ0) is 34.5. The van der Waals surface area contributed by atoms with Gasteiger partial charge in [0.15, 0.2) is 11.5 Å². The molecule has 0 bridgehead atoms. The van der Waals surface area contributed by atoms with Crippen LogP contribution in [0.1, 0.15) is 40.9 Å². The van der Waals surface area contributed by atoms with E-state index >= 15 is 0 Å². The quantitative estimate of drug-likeness (QED) is 0.199. The number of hydrogen-bond donors (Lipinski definition) is 1. The molecular weight excluding hydrogens is 632 g/mol. The van der Waals surface area contributed by atoms with Gasteiger partial charge in [-0.25, -0.2) is 4.98 Å². The SMILES string of the molecule is COc1cc(C(=O)N2CCC(CCN3CCCN(c4nc5ccccc5n4CCc4cn[nH]n4)CC3)(c3ccccc3)C2)cc(OC)c1OC. The van der Waals surface area contributed by atoms with E-state index in [2.05, 4.69) is 84.4 Å². The number of aryl methyl sites for hydroxylation is 2. The Balaban J connectivity index is 1.06. The number of fused-ring (bicyclic) bond motifs is 1. The molecule has 1 amide bonds. The molecule has 0 spiro atoms. The van der Waals surface area contributed by atoms with E-state index in [4.69, 9.17) is 19.2 Å². The minimum absolute atomic E-state index is 0.0288. The summed E-state index contributed by atoms with van der Waals surface area (Å²) in [6, 6.07) is 22.6. The highest BCUT2D eigenvalue weighted by molar-refractivity contribution is 5.96. The van der Waals surface area contributed by atoms with Gasteiger partial charge in [-0.3, -0.25) is 4.79 Å². The second kappa shape index (κ2) is 14.8. The van der Waals surface area contributed by atoms with Crippen LogP contribution in [0, 0.1) is 0 Å². The Morgan fingerprint density at radius 2 is 1.66 bits per heavy atom. The fraction of sp³-hybridized carbons (Fsp3) is 0.421. The molecule has 262 valence electrons. The number of para-hydroxylation sites is 2. The van der Waals surface area contributed by atoms with Crippen LogP contribution in [0.2, 0.25) is 0 Å². The standard InChI is InChI=1S/C38H46N8O4/c1-48-33-24-28(25-34(49-2)35(33)50-3)36(47)45-21-16-38(27-45,29-10-5-4-6-11-29)15-20-43-17-9-18-44(23-22-43)37-40-31-12-7-8-13-32(31)46(37)19-14-30-26-39-42-41-30/h4-8,10-13,24-26H,9,14-23,27H2,1-3H3,(H,39,41,42). The van der Waals surface area contributed by atoms with E-state index in [-0.39, 0.29) is 11.3 Å². The number of likely N-dealkylation sites (tertiary alicyclic amines) is 1. The zero-order valence-electron chi connectivity index (χ0n) is 29.2. The first-order valence-electron chi connectivity index (χ1n) is 17.4. The largest absolute Gasteiger partial charge is 0.493 e. The van der Waals surface area contributed by atoms with Gasteiger partial charge < -0.3 is 33.5 Å². The highest BCUT2D eigenvalue weighted by Gasteiger charge is 2.42. The molecule has 3 aromatic carbocycles. The second-order valence-corrected chi connectivity index (χ2v) is 13.2. The monoisotopic (exact) mass is 678 g/mol. The molecule has 5 aromatic rings. The summed E-state index contributed by atoms with van der Waals surface area (Å²) in [5.41, 5.74) is 4.78. The Morgan fingerprint density at radius 3 is 2.40 bits per heavy atom. The van der Waals surface area contributed by atoms with Crippen molar-refractivity contribution >= 4 is 22.9 Å². The van der Waals surface area contributed by atoms with Crippen LogP contribution in [0.3, 0.4) is 0 Å². The molecule has 2 fully saturated rings. The fourth-order valence-corrected chi connectivity index (χ4v) is 7.67. The van der Waals surface area contributed by atoms with Crippen molar-refractivity contribution in [3.63, 3.8) is 0 Å². The number of aromatic amines is 1. The molecule has 4 heterocycles. The van der Waals surface area contributed by atoms with Crippen LogP contribution in [-0.2, 0) is 18.4 Å². The maximum atomic E-state index is 14.0. The third kappa shape index (κ3) is 6.72. The first-order valence-corrected chi connectivity index (χ1v) is 17.4. The molecule has 12 nitrogen and oxygen atoms in total. The van der Waals surface area contributed by atoms with E-state index < -0.39 is 0 Å². The number of rotatable bonds is 12. The molecule has 1 unspecified atom stereocenters. The van der Waals surface area contributed by atoms with Crippen molar-refractivity contribution in [2.45, 2.75) is 37.6 Å². The number of nitrogens with one attached hydrogen (secondary N) is 1. The Morgan fingerprint density at radius 1 is 0.880 bits per heavy atom. The first kappa shape index (κ1) is 33.4. The van der Waals surface area contributed by atoms with E-state index in [0.717, 1.165) is 87.6 Å². The Hall–Kier alpha value is -5.10. The van der Waals surface area contributed by atoms with E-state index in [0.29, 0.717) is 35.9 Å². The minimum Gasteiger partial charge on any atom is -0.493 e. The van der Waals surface area contributed by atoms with Crippen LogP contribution in [0.5, 0.6) is 17.2 Å². The third-order valence-electron chi connectivity index (χ3n) is 10.4. The number of carbonyl (C=O) groups excluding carboxylic acids is 1. The highest BCUT2D eigenvalue weighted by Crippen LogP contribution is 2.41. The Kier molecular flexibility index (Phi) is 9.88. The van der Waals surface area contributed by atoms with Gasteiger partial charge in [0, 0.05) is 56.7 Å². The molecule has 2 aromatic heterocycles. The molecule has 0 radical (unpaired) electrons. The predicted octanol–water partition coefficient (Wildman–Crippen LogP) is 4.81. The normalized spacial score (nSPS) is 18.4. The highest BCUT2D eigenvalue weighted by atomic mass is 16.5. The molecule has 7 rings (SSSR count). The molecule has 12 heteroatoms. The summed E-state index contributed by atoms with van der Waals surface area (Å²) in [4.78, 5) is 26.1. The number of ether oxygens (including phenoxy) is 3. The number of methoxy groups -OCH3 is 3. The number of amides is 1. The van der Waals surface area contributed by atoms with Gasteiger partial charge in [-0.05, 0) is 62.2 Å². The summed E-state index contributed by atoms with van der Waals surface area (Å²) in [5.74, 6) is 2.42. The number of anilines is 1. The second-order valence-electron chi connectivity index (χ2n) is 13.2. The van der Waals surface area contributed by atoms with Crippen LogP contribution < -0.4 is 19.1 Å². The van der Waals surface area contributed by atoms with Crippen molar-refractivity contribution in [2.24, 2.45) is 0 Å². The maximum Gasteiger partial charge on any atom is 0.254 e. The maximum absolute atomic E-state index is 14.0. The van der Waals surface area contributed by atoms with Crippen LogP contribution in [-0.4, -0.2) is 108 Å². The molecule has 2 aliphatic rings. The molecule has 0 aliphatic carbocycles. The van der Waals surface area contributed by atoms with Gasteiger partial charge in [0.2, 0.25) is 11.7 Å². The topological polar surface area (TPSA) is 114 Å². The van der Waals surface area contributed by atoms with Crippen molar-refractivity contribution < 1.29 is 19.0 Å². The van der Waals surface area contributed by atoms with Crippen molar-refractivity contribution in [1.82, 2.24) is 34.8 Å². The summed E-state index contributed by atoms with van der Waals surface area (Å²) in [6.07, 6.45) is 5.49. The number of aromatic nitrogens is 5. The lowest BCUT2D eigenvalue weighted by atomic mass is 9.76. The summed E-state index contributed by atoms with van der Waals surface area (Å²) in [5, 5.41) is 11.0. The summed E-state index contributed by atoms with van der Waals surface area (Å²) >= 11 is 0. The molecule has 1 N–H and O–H groups in total. The van der Waals surface area contributed by atoms with Gasteiger partial charge in [-0.15, -0.1) is 0 Å². The summed E-state index contributed by atoms with van der Waals surface area (Å²) in [7, 11) is 4.71. The summed E-state index contributed by atoms with van der Waals surface area (Å²) in [6.45, 7) is 6.90. The van der Waals surface area contributed by atoms with Gasteiger partial charge in [0.05, 0.1) is 44.3 Å². The van der Waals surface area contributed by atoms with Gasteiger partial charge >= 0.3 is 0 Å². The van der Waals surface area contributed by atoms with Crippen LogP contribution in [0.4, 0.5) is 5.95 Å².